The highest BCUT2D eigenvalue weighted by molar-refractivity contribution is 7.73. The van der Waals surface area contributed by atoms with Crippen molar-refractivity contribution in [3.8, 4) is 5.75 Å². The van der Waals surface area contributed by atoms with E-state index in [1.165, 1.54) is 34.7 Å². The zero-order valence-corrected chi connectivity index (χ0v) is 22.2. The van der Waals surface area contributed by atoms with Gasteiger partial charge >= 0.3 is 6.18 Å². The van der Waals surface area contributed by atoms with Gasteiger partial charge in [-0.05, 0) is 53.7 Å². The van der Waals surface area contributed by atoms with Gasteiger partial charge in [0.1, 0.15) is 18.4 Å². The van der Waals surface area contributed by atoms with Gasteiger partial charge in [-0.3, -0.25) is 4.79 Å². The Labute approximate surface area is 231 Å². The molecule has 0 saturated carbocycles. The van der Waals surface area contributed by atoms with Crippen molar-refractivity contribution in [2.45, 2.75) is 25.2 Å². The number of nitrogens with one attached hydrogen (secondary N) is 2. The van der Waals surface area contributed by atoms with Gasteiger partial charge in [-0.15, -0.1) is 11.3 Å². The molecule has 39 heavy (non-hydrogen) atoms. The molecule has 0 bridgehead atoms. The molecule has 12 heteroatoms. The Hall–Kier alpha value is -3.87. The zero-order chi connectivity index (χ0) is 28.0. The number of benzene rings is 3. The number of amides is 1. The Morgan fingerprint density at radius 1 is 1.10 bits per heavy atom. The first kappa shape index (κ1) is 28.1. The number of ether oxygens (including phenoxy) is 1. The van der Waals surface area contributed by atoms with Crippen LogP contribution in [0.2, 0.25) is 0 Å². The predicted molar refractivity (Wildman–Crippen MR) is 148 cm³/mol. The topological polar surface area (TPSA) is 109 Å². The summed E-state index contributed by atoms with van der Waals surface area (Å²) in [5, 5.41) is 3.97. The zero-order valence-electron chi connectivity index (χ0n) is 20.6. The van der Waals surface area contributed by atoms with E-state index in [9.17, 15) is 18.0 Å². The summed E-state index contributed by atoms with van der Waals surface area (Å²) >= 11 is 6.60. The summed E-state index contributed by atoms with van der Waals surface area (Å²) in [6, 6.07) is 18.6. The number of hydrogen-bond donors (Lipinski definition) is 4. The fourth-order valence-corrected chi connectivity index (χ4v) is 4.93. The highest BCUT2D eigenvalue weighted by Gasteiger charge is 2.30. The lowest BCUT2D eigenvalue weighted by Crippen LogP contribution is -2.49. The van der Waals surface area contributed by atoms with Crippen LogP contribution in [0.1, 0.15) is 16.7 Å². The third-order valence-electron chi connectivity index (χ3n) is 5.80. The number of aromatic amines is 1. The predicted octanol–water partition coefficient (Wildman–Crippen LogP) is 5.26. The van der Waals surface area contributed by atoms with Crippen molar-refractivity contribution in [2.75, 3.05) is 6.61 Å². The quantitative estimate of drug-likeness (QED) is 0.117. The first-order valence-corrected chi connectivity index (χ1v) is 13.0. The molecule has 1 aromatic heterocycles. The molecule has 0 aliphatic rings. The Morgan fingerprint density at radius 3 is 2.51 bits per heavy atom. The van der Waals surface area contributed by atoms with Crippen LogP contribution in [0.25, 0.3) is 10.2 Å². The maximum absolute atomic E-state index is 13.2. The minimum Gasteiger partial charge on any atom is -0.487 e. The van der Waals surface area contributed by atoms with Gasteiger partial charge in [0.05, 0.1) is 21.5 Å². The lowest BCUT2D eigenvalue weighted by atomic mass is 10.0. The molecule has 0 fully saturated rings. The number of aromatic nitrogens is 1. The van der Waals surface area contributed by atoms with Gasteiger partial charge < -0.3 is 25.8 Å². The number of nitrogens with zero attached hydrogens (tertiary/aromatic N) is 1. The fraction of sp³-hybridized carbons (Fsp3) is 0.185. The summed E-state index contributed by atoms with van der Waals surface area (Å²) in [6.45, 7) is 0.0628. The number of fused-ring (bicyclic) bond motifs is 1. The SMILES string of the molecule is N/C(=C\N(N)C(Cc1ccccc1)C(=O)NCc1ccc(C(F)(F)F)cc1)COc1ccc2[nH]c(=S)sc2c1. The summed E-state index contributed by atoms with van der Waals surface area (Å²) in [7, 11) is 0. The van der Waals surface area contributed by atoms with Crippen molar-refractivity contribution in [3.63, 3.8) is 0 Å². The Morgan fingerprint density at radius 2 is 1.82 bits per heavy atom. The highest BCUT2D eigenvalue weighted by atomic mass is 32.1. The van der Waals surface area contributed by atoms with Crippen molar-refractivity contribution in [1.82, 2.24) is 15.3 Å². The summed E-state index contributed by atoms with van der Waals surface area (Å²) in [5.74, 6) is 6.46. The van der Waals surface area contributed by atoms with E-state index in [2.05, 4.69) is 10.3 Å². The third-order valence-corrected chi connectivity index (χ3v) is 6.99. The van der Waals surface area contributed by atoms with E-state index in [-0.39, 0.29) is 25.3 Å². The monoisotopic (exact) mass is 573 g/mol. The van der Waals surface area contributed by atoms with E-state index in [4.69, 9.17) is 28.5 Å². The minimum absolute atomic E-state index is 0.0280. The van der Waals surface area contributed by atoms with E-state index < -0.39 is 23.7 Å². The largest absolute Gasteiger partial charge is 0.487 e. The van der Waals surface area contributed by atoms with Gasteiger partial charge in [-0.25, -0.2) is 5.84 Å². The fourth-order valence-electron chi connectivity index (χ4n) is 3.79. The van der Waals surface area contributed by atoms with Crippen molar-refractivity contribution < 1.29 is 22.7 Å². The number of rotatable bonds is 10. The molecular formula is C27H26F3N5O2S2. The number of nitrogens with two attached hydrogens (primary N) is 2. The highest BCUT2D eigenvalue weighted by Crippen LogP contribution is 2.29. The Balaban J connectivity index is 1.42. The van der Waals surface area contributed by atoms with Gasteiger partial charge in [-0.1, -0.05) is 42.5 Å². The van der Waals surface area contributed by atoms with E-state index in [0.29, 0.717) is 15.3 Å². The summed E-state index contributed by atoms with van der Waals surface area (Å²) < 4.78 is 45.9. The second-order valence-electron chi connectivity index (χ2n) is 8.73. The van der Waals surface area contributed by atoms with E-state index in [1.807, 2.05) is 42.5 Å². The number of H-pyrrole nitrogens is 1. The smallest absolute Gasteiger partial charge is 0.416 e. The molecule has 0 aliphatic carbocycles. The number of halogens is 3. The molecule has 4 rings (SSSR count). The van der Waals surface area contributed by atoms with Gasteiger partial charge in [0.25, 0.3) is 0 Å². The van der Waals surface area contributed by atoms with Gasteiger partial charge in [0.2, 0.25) is 5.91 Å². The summed E-state index contributed by atoms with van der Waals surface area (Å²) in [4.78, 5) is 16.2. The average molecular weight is 574 g/mol. The van der Waals surface area contributed by atoms with Crippen LogP contribution in [-0.2, 0) is 23.9 Å². The molecular weight excluding hydrogens is 547 g/mol. The number of hydrogen-bond acceptors (Lipinski definition) is 7. The maximum Gasteiger partial charge on any atom is 0.416 e. The van der Waals surface area contributed by atoms with Crippen LogP contribution in [0.4, 0.5) is 13.2 Å². The molecule has 0 radical (unpaired) electrons. The summed E-state index contributed by atoms with van der Waals surface area (Å²) in [6.07, 6.45) is -2.72. The molecule has 0 aliphatic heterocycles. The van der Waals surface area contributed by atoms with E-state index >= 15 is 0 Å². The number of hydrazine groups is 1. The van der Waals surface area contributed by atoms with Crippen LogP contribution in [0.3, 0.4) is 0 Å². The van der Waals surface area contributed by atoms with Crippen LogP contribution >= 0.6 is 23.6 Å². The molecule has 1 unspecified atom stereocenters. The second-order valence-corrected chi connectivity index (χ2v) is 10.4. The normalized spacial score (nSPS) is 12.8. The Bertz CT molecular complexity index is 1500. The maximum atomic E-state index is 13.2. The summed E-state index contributed by atoms with van der Waals surface area (Å²) in [5.41, 5.74) is 7.99. The molecule has 0 spiro atoms. The van der Waals surface area contributed by atoms with Gasteiger partial charge in [-0.2, -0.15) is 13.2 Å². The average Bonchev–Trinajstić information content (AvgIpc) is 3.28. The Kier molecular flexibility index (Phi) is 8.90. The molecule has 1 amide bonds. The molecule has 3 aromatic carbocycles. The first-order valence-electron chi connectivity index (χ1n) is 11.8. The van der Waals surface area contributed by atoms with Crippen LogP contribution in [0.15, 0.2) is 84.7 Å². The van der Waals surface area contributed by atoms with E-state index in [0.717, 1.165) is 27.9 Å². The minimum atomic E-state index is -4.43. The van der Waals surface area contributed by atoms with Crippen molar-refractivity contribution >= 4 is 39.7 Å². The van der Waals surface area contributed by atoms with Crippen molar-refractivity contribution in [2.24, 2.45) is 11.6 Å². The molecule has 6 N–H and O–H groups in total. The van der Waals surface area contributed by atoms with Crippen LogP contribution in [-0.4, -0.2) is 28.5 Å². The lowest BCUT2D eigenvalue weighted by molar-refractivity contribution is -0.137. The number of alkyl halides is 3. The molecule has 4 aromatic rings. The first-order chi connectivity index (χ1) is 18.6. The second kappa shape index (κ2) is 12.3. The number of carbonyl (C=O) groups excluding carboxylic acids is 1. The third kappa shape index (κ3) is 7.82. The lowest BCUT2D eigenvalue weighted by Gasteiger charge is -2.26. The van der Waals surface area contributed by atoms with E-state index in [1.54, 1.807) is 6.07 Å². The molecule has 204 valence electrons. The standard InChI is InChI=1S/C27H26F3N5O2S2/c28-27(29,30)19-8-6-18(7-9-19)14-33-25(36)23(12-17-4-2-1-3-5-17)35(32)15-20(31)16-37-21-10-11-22-24(13-21)39-26(38)34-22/h1-11,13,15,23H,12,14,16,31-32H2,(H,33,36)(H,34,38)/b20-15-. The van der Waals surface area contributed by atoms with Crippen molar-refractivity contribution in [3.05, 3.63) is 105 Å². The molecule has 7 nitrogen and oxygen atoms in total. The number of carbonyl (C=O) groups is 1. The number of thiazole rings is 1. The van der Waals surface area contributed by atoms with Crippen molar-refractivity contribution in [1.29, 1.82) is 0 Å². The van der Waals surface area contributed by atoms with Gasteiger partial charge in [0.15, 0.2) is 3.95 Å². The molecule has 0 saturated heterocycles. The molecule has 1 heterocycles. The van der Waals surface area contributed by atoms with Crippen LogP contribution in [0, 0.1) is 3.95 Å². The van der Waals surface area contributed by atoms with Crippen LogP contribution in [0.5, 0.6) is 5.75 Å². The van der Waals surface area contributed by atoms with Crippen LogP contribution < -0.4 is 21.6 Å². The van der Waals surface area contributed by atoms with Gasteiger partial charge in [0, 0.05) is 19.2 Å². The molecule has 1 atom stereocenters.